The van der Waals surface area contributed by atoms with Crippen molar-refractivity contribution in [2.24, 2.45) is 0 Å². The maximum absolute atomic E-state index is 11.7. The molecule has 20 heavy (non-hydrogen) atoms. The molecule has 0 radical (unpaired) electrons. The Labute approximate surface area is 123 Å². The maximum Gasteiger partial charge on any atom is 0.413 e. The van der Waals surface area contributed by atoms with Gasteiger partial charge in [0.25, 0.3) is 5.91 Å². The number of hydrogen-bond acceptors (Lipinski definition) is 7. The minimum atomic E-state index is -0.884. The second-order valence-electron chi connectivity index (χ2n) is 3.44. The molecule has 0 aliphatic carbocycles. The largest absolute Gasteiger partial charge is 0.453 e. The Kier molecular flexibility index (Phi) is 6.19. The van der Waals surface area contributed by atoms with E-state index in [4.69, 9.17) is 0 Å². The fourth-order valence-corrected chi connectivity index (χ4v) is 2.33. The summed E-state index contributed by atoms with van der Waals surface area (Å²) in [7, 11) is 1.14. The van der Waals surface area contributed by atoms with E-state index in [1.807, 2.05) is 5.32 Å². The predicted octanol–water partition coefficient (Wildman–Crippen LogP) is 1.46. The fourth-order valence-electron chi connectivity index (χ4n) is 1.13. The van der Waals surface area contributed by atoms with Crippen LogP contribution in [0.3, 0.4) is 0 Å². The number of amides is 3. The number of carbonyl (C=O) groups is 4. The molecule has 1 aromatic rings. The molecule has 1 aromatic heterocycles. The Bertz CT molecular complexity index is 541. The standard InChI is InChI=1S/C11H12N2O5S2/c1-6(14)20-5-8(15)12-10-7(3-4-19-10)9(16)13-11(17)18-2/h3-4H,5H2,1-2H3,(H,12,15)(H,13,16,17). The minimum Gasteiger partial charge on any atom is -0.453 e. The topological polar surface area (TPSA) is 102 Å². The first kappa shape index (κ1) is 16.2. The average Bonchev–Trinajstić information content (AvgIpc) is 2.84. The van der Waals surface area contributed by atoms with Gasteiger partial charge in [0.2, 0.25) is 5.91 Å². The Morgan fingerprint density at radius 2 is 2.05 bits per heavy atom. The lowest BCUT2D eigenvalue weighted by Gasteiger charge is -2.05. The van der Waals surface area contributed by atoms with Gasteiger partial charge in [0.15, 0.2) is 5.12 Å². The van der Waals surface area contributed by atoms with E-state index in [0.29, 0.717) is 5.00 Å². The van der Waals surface area contributed by atoms with E-state index in [2.05, 4.69) is 10.1 Å². The molecule has 0 atom stereocenters. The molecule has 0 bridgehead atoms. The first-order chi connectivity index (χ1) is 9.43. The summed E-state index contributed by atoms with van der Waals surface area (Å²) >= 11 is 2.00. The van der Waals surface area contributed by atoms with Crippen LogP contribution < -0.4 is 10.6 Å². The summed E-state index contributed by atoms with van der Waals surface area (Å²) in [6.45, 7) is 1.36. The van der Waals surface area contributed by atoms with Gasteiger partial charge >= 0.3 is 6.09 Å². The highest BCUT2D eigenvalue weighted by Gasteiger charge is 2.17. The number of nitrogens with one attached hydrogen (secondary N) is 2. The fraction of sp³-hybridized carbons (Fsp3) is 0.273. The van der Waals surface area contributed by atoms with Crippen LogP contribution in [0.1, 0.15) is 17.3 Å². The third-order valence-corrected chi connectivity index (χ3v) is 3.61. The summed E-state index contributed by atoms with van der Waals surface area (Å²) in [6.07, 6.45) is -0.884. The van der Waals surface area contributed by atoms with Crippen LogP contribution in [0.15, 0.2) is 11.4 Å². The van der Waals surface area contributed by atoms with Gasteiger partial charge in [-0.3, -0.25) is 19.7 Å². The Morgan fingerprint density at radius 3 is 2.65 bits per heavy atom. The lowest BCUT2D eigenvalue weighted by atomic mass is 10.3. The smallest absolute Gasteiger partial charge is 0.413 e. The zero-order valence-corrected chi connectivity index (χ0v) is 12.4. The molecule has 0 aromatic carbocycles. The number of imide groups is 1. The minimum absolute atomic E-state index is 0.0364. The Hall–Kier alpha value is -1.87. The van der Waals surface area contributed by atoms with Gasteiger partial charge in [-0.25, -0.2) is 4.79 Å². The van der Waals surface area contributed by atoms with Gasteiger partial charge in [-0.1, -0.05) is 11.8 Å². The van der Waals surface area contributed by atoms with Crippen molar-refractivity contribution in [1.29, 1.82) is 0 Å². The lowest BCUT2D eigenvalue weighted by Crippen LogP contribution is -2.30. The van der Waals surface area contributed by atoms with E-state index in [9.17, 15) is 19.2 Å². The van der Waals surface area contributed by atoms with E-state index in [1.165, 1.54) is 13.0 Å². The molecule has 1 rings (SSSR count). The molecule has 0 aliphatic rings. The van der Waals surface area contributed by atoms with Crippen LogP contribution in [-0.2, 0) is 14.3 Å². The quantitative estimate of drug-likeness (QED) is 0.872. The number of rotatable bonds is 4. The van der Waals surface area contributed by atoms with Crippen molar-refractivity contribution in [2.75, 3.05) is 18.2 Å². The third kappa shape index (κ3) is 5.02. The van der Waals surface area contributed by atoms with Gasteiger partial charge < -0.3 is 10.1 Å². The second kappa shape index (κ2) is 7.65. The lowest BCUT2D eigenvalue weighted by molar-refractivity contribution is -0.114. The molecule has 9 heteroatoms. The van der Waals surface area contributed by atoms with Crippen molar-refractivity contribution >= 4 is 51.1 Å². The van der Waals surface area contributed by atoms with Crippen molar-refractivity contribution in [1.82, 2.24) is 5.32 Å². The van der Waals surface area contributed by atoms with Gasteiger partial charge in [0.1, 0.15) is 5.00 Å². The van der Waals surface area contributed by atoms with E-state index < -0.39 is 17.9 Å². The molecule has 0 spiro atoms. The van der Waals surface area contributed by atoms with Gasteiger partial charge in [-0.05, 0) is 11.4 Å². The van der Waals surface area contributed by atoms with Gasteiger partial charge in [-0.15, -0.1) is 11.3 Å². The van der Waals surface area contributed by atoms with Crippen LogP contribution in [0.5, 0.6) is 0 Å². The molecule has 108 valence electrons. The average molecular weight is 316 g/mol. The molecule has 0 aliphatic heterocycles. The van der Waals surface area contributed by atoms with Gasteiger partial charge in [-0.2, -0.15) is 0 Å². The molecule has 3 amide bonds. The van der Waals surface area contributed by atoms with Crippen LogP contribution in [0.25, 0.3) is 0 Å². The Morgan fingerprint density at radius 1 is 1.35 bits per heavy atom. The number of anilines is 1. The number of hydrogen-bond donors (Lipinski definition) is 2. The van der Waals surface area contributed by atoms with Crippen LogP contribution in [0.2, 0.25) is 0 Å². The third-order valence-electron chi connectivity index (χ3n) is 1.97. The number of ether oxygens (including phenoxy) is 1. The normalized spacial score (nSPS) is 9.70. The summed E-state index contributed by atoms with van der Waals surface area (Å²) in [5.41, 5.74) is 0.154. The first-order valence-electron chi connectivity index (χ1n) is 5.34. The number of alkyl carbamates (subject to hydrolysis) is 1. The summed E-state index contributed by atoms with van der Waals surface area (Å²) in [6, 6.07) is 1.47. The maximum atomic E-state index is 11.7. The Balaban J connectivity index is 2.66. The second-order valence-corrected chi connectivity index (χ2v) is 5.51. The van der Waals surface area contributed by atoms with Crippen LogP contribution in [0, 0.1) is 0 Å². The zero-order valence-electron chi connectivity index (χ0n) is 10.7. The van der Waals surface area contributed by atoms with Crippen molar-refractivity contribution in [3.63, 3.8) is 0 Å². The van der Waals surface area contributed by atoms with Crippen LogP contribution in [-0.4, -0.2) is 35.9 Å². The van der Waals surface area contributed by atoms with Crippen molar-refractivity contribution in [3.8, 4) is 0 Å². The number of thiophene rings is 1. The highest BCUT2D eigenvalue weighted by Crippen LogP contribution is 2.23. The summed E-state index contributed by atoms with van der Waals surface area (Å²) in [4.78, 5) is 45.0. The van der Waals surface area contributed by atoms with Crippen molar-refractivity contribution in [3.05, 3.63) is 17.0 Å². The number of carbonyl (C=O) groups excluding carboxylic acids is 4. The summed E-state index contributed by atoms with van der Waals surface area (Å²) < 4.78 is 4.31. The van der Waals surface area contributed by atoms with Gasteiger partial charge in [0.05, 0.1) is 18.4 Å². The molecular weight excluding hydrogens is 304 g/mol. The van der Waals surface area contributed by atoms with E-state index >= 15 is 0 Å². The predicted molar refractivity (Wildman–Crippen MR) is 76.0 cm³/mol. The van der Waals surface area contributed by atoms with E-state index in [-0.39, 0.29) is 16.4 Å². The molecule has 0 saturated heterocycles. The van der Waals surface area contributed by atoms with Crippen LogP contribution >= 0.6 is 23.1 Å². The monoisotopic (exact) mass is 316 g/mol. The molecule has 0 saturated carbocycles. The van der Waals surface area contributed by atoms with Crippen molar-refractivity contribution < 1.29 is 23.9 Å². The molecular formula is C11H12N2O5S2. The van der Waals surface area contributed by atoms with E-state index in [1.54, 1.807) is 5.38 Å². The van der Waals surface area contributed by atoms with E-state index in [0.717, 1.165) is 30.2 Å². The van der Waals surface area contributed by atoms with Crippen LogP contribution in [0.4, 0.5) is 9.80 Å². The summed E-state index contributed by atoms with van der Waals surface area (Å²) in [5, 5.41) is 6.24. The molecule has 7 nitrogen and oxygen atoms in total. The molecule has 2 N–H and O–H groups in total. The molecule has 0 fully saturated rings. The van der Waals surface area contributed by atoms with Crippen molar-refractivity contribution in [2.45, 2.75) is 6.92 Å². The number of thioether (sulfide) groups is 1. The molecule has 1 heterocycles. The molecule has 0 unspecified atom stereocenters. The highest BCUT2D eigenvalue weighted by molar-refractivity contribution is 8.14. The first-order valence-corrected chi connectivity index (χ1v) is 7.20. The zero-order chi connectivity index (χ0) is 15.1. The SMILES string of the molecule is COC(=O)NC(=O)c1ccsc1NC(=O)CSC(C)=O. The number of methoxy groups -OCH3 is 1. The highest BCUT2D eigenvalue weighted by atomic mass is 32.2. The summed E-state index contributed by atoms with van der Waals surface area (Å²) in [5.74, 6) is -1.11. The van der Waals surface area contributed by atoms with Gasteiger partial charge in [0, 0.05) is 6.92 Å².